The van der Waals surface area contributed by atoms with Crippen LogP contribution >= 0.6 is 0 Å². The normalized spacial score (nSPS) is 11.6. The zero-order valence-electron chi connectivity index (χ0n) is 12.9. The van der Waals surface area contributed by atoms with E-state index >= 15 is 0 Å². The maximum atomic E-state index is 12.2. The quantitative estimate of drug-likeness (QED) is 0.833. The van der Waals surface area contributed by atoms with Crippen LogP contribution in [0.3, 0.4) is 0 Å². The van der Waals surface area contributed by atoms with E-state index in [0.717, 1.165) is 5.56 Å². The lowest BCUT2D eigenvalue weighted by Gasteiger charge is -2.16. The number of carbonyl (C=O) groups is 1. The maximum absolute atomic E-state index is 12.2. The molecule has 0 aromatic heterocycles. The Balaban J connectivity index is 2.02. The lowest BCUT2D eigenvalue weighted by atomic mass is 10.2. The number of anilines is 2. The molecule has 116 valence electrons. The van der Waals surface area contributed by atoms with Gasteiger partial charge in [-0.05, 0) is 43.7 Å². The molecule has 5 nitrogen and oxygen atoms in total. The smallest absolute Gasteiger partial charge is 0.265 e. The summed E-state index contributed by atoms with van der Waals surface area (Å²) in [5.74, 6) is 1.03. The molecule has 0 fully saturated rings. The molecule has 3 N–H and O–H groups in total. The minimum absolute atomic E-state index is 0.265. The van der Waals surface area contributed by atoms with Gasteiger partial charge < -0.3 is 20.5 Å². The predicted molar refractivity (Wildman–Crippen MR) is 87.3 cm³/mol. The number of nitrogens with two attached hydrogens (primary N) is 1. The van der Waals surface area contributed by atoms with Gasteiger partial charge in [-0.15, -0.1) is 0 Å². The van der Waals surface area contributed by atoms with Crippen molar-refractivity contribution in [1.29, 1.82) is 0 Å². The summed E-state index contributed by atoms with van der Waals surface area (Å²) in [7, 11) is 1.56. The van der Waals surface area contributed by atoms with E-state index in [0.29, 0.717) is 22.9 Å². The summed E-state index contributed by atoms with van der Waals surface area (Å²) >= 11 is 0. The molecular formula is C17H20N2O3. The highest BCUT2D eigenvalue weighted by Crippen LogP contribution is 2.24. The molecule has 0 aliphatic rings. The molecular weight excluding hydrogens is 280 g/mol. The van der Waals surface area contributed by atoms with Crippen molar-refractivity contribution >= 4 is 17.3 Å². The van der Waals surface area contributed by atoms with E-state index in [1.807, 2.05) is 31.2 Å². The fourth-order valence-electron chi connectivity index (χ4n) is 1.96. The summed E-state index contributed by atoms with van der Waals surface area (Å²) in [5.41, 5.74) is 7.93. The summed E-state index contributed by atoms with van der Waals surface area (Å²) < 4.78 is 10.7. The number of carbonyl (C=O) groups excluding carboxylic acids is 1. The van der Waals surface area contributed by atoms with Gasteiger partial charge in [-0.3, -0.25) is 4.79 Å². The van der Waals surface area contributed by atoms with Gasteiger partial charge in [-0.2, -0.15) is 0 Å². The van der Waals surface area contributed by atoms with Crippen LogP contribution in [0.1, 0.15) is 12.5 Å². The molecule has 0 radical (unpaired) electrons. The second kappa shape index (κ2) is 6.85. The monoisotopic (exact) mass is 300 g/mol. The number of aryl methyl sites for hydroxylation is 1. The van der Waals surface area contributed by atoms with Crippen LogP contribution in [0.5, 0.6) is 11.5 Å². The molecule has 2 aromatic carbocycles. The van der Waals surface area contributed by atoms with Gasteiger partial charge >= 0.3 is 0 Å². The molecule has 0 aliphatic heterocycles. The SMILES string of the molecule is COc1ccc(NC(=O)C(C)Oc2cccc(C)c2)c(N)c1. The van der Waals surface area contributed by atoms with Crippen LogP contribution in [0.4, 0.5) is 11.4 Å². The number of rotatable bonds is 5. The lowest BCUT2D eigenvalue weighted by Crippen LogP contribution is -2.30. The molecule has 0 aliphatic carbocycles. The number of benzene rings is 2. The molecule has 2 aromatic rings. The van der Waals surface area contributed by atoms with Crippen molar-refractivity contribution in [3.63, 3.8) is 0 Å². The summed E-state index contributed by atoms with van der Waals surface area (Å²) in [4.78, 5) is 12.2. The number of nitrogens with one attached hydrogen (secondary N) is 1. The first-order chi connectivity index (χ1) is 10.5. The highest BCUT2D eigenvalue weighted by Gasteiger charge is 2.16. The van der Waals surface area contributed by atoms with Crippen molar-refractivity contribution in [2.75, 3.05) is 18.2 Å². The van der Waals surface area contributed by atoms with E-state index in [9.17, 15) is 4.79 Å². The second-order valence-electron chi connectivity index (χ2n) is 5.02. The number of ether oxygens (including phenoxy) is 2. The summed E-state index contributed by atoms with van der Waals surface area (Å²) in [5, 5.41) is 2.75. The molecule has 22 heavy (non-hydrogen) atoms. The van der Waals surface area contributed by atoms with Crippen molar-refractivity contribution in [1.82, 2.24) is 0 Å². The van der Waals surface area contributed by atoms with E-state index < -0.39 is 6.10 Å². The number of methoxy groups -OCH3 is 1. The zero-order valence-corrected chi connectivity index (χ0v) is 12.9. The first kappa shape index (κ1) is 15.7. The summed E-state index contributed by atoms with van der Waals surface area (Å²) in [6.07, 6.45) is -0.636. The van der Waals surface area contributed by atoms with E-state index in [-0.39, 0.29) is 5.91 Å². The Bertz CT molecular complexity index is 671. The van der Waals surface area contributed by atoms with Gasteiger partial charge in [0.05, 0.1) is 18.5 Å². The first-order valence-electron chi connectivity index (χ1n) is 6.97. The van der Waals surface area contributed by atoms with Crippen LogP contribution in [0.15, 0.2) is 42.5 Å². The van der Waals surface area contributed by atoms with Crippen LogP contribution in [0.2, 0.25) is 0 Å². The highest BCUT2D eigenvalue weighted by molar-refractivity contribution is 5.96. The number of nitrogen functional groups attached to an aromatic ring is 1. The average Bonchev–Trinajstić information content (AvgIpc) is 2.49. The Hall–Kier alpha value is -2.69. The Morgan fingerprint density at radius 1 is 1.18 bits per heavy atom. The summed E-state index contributed by atoms with van der Waals surface area (Å²) in [6, 6.07) is 12.6. The topological polar surface area (TPSA) is 73.6 Å². The minimum atomic E-state index is -0.636. The fourth-order valence-corrected chi connectivity index (χ4v) is 1.96. The number of hydrogen-bond donors (Lipinski definition) is 2. The predicted octanol–water partition coefficient (Wildman–Crippen LogP) is 2.99. The molecule has 1 unspecified atom stereocenters. The largest absolute Gasteiger partial charge is 0.497 e. The molecule has 2 rings (SSSR count). The molecule has 0 spiro atoms. The van der Waals surface area contributed by atoms with Crippen LogP contribution in [-0.4, -0.2) is 19.1 Å². The molecule has 1 atom stereocenters. The van der Waals surface area contributed by atoms with Crippen LogP contribution in [0.25, 0.3) is 0 Å². The summed E-state index contributed by atoms with van der Waals surface area (Å²) in [6.45, 7) is 3.66. The fraction of sp³-hybridized carbons (Fsp3) is 0.235. The molecule has 0 saturated carbocycles. The van der Waals surface area contributed by atoms with Gasteiger partial charge in [0.25, 0.3) is 5.91 Å². The third-order valence-electron chi connectivity index (χ3n) is 3.19. The van der Waals surface area contributed by atoms with Crippen LogP contribution < -0.4 is 20.5 Å². The maximum Gasteiger partial charge on any atom is 0.265 e. The Kier molecular flexibility index (Phi) is 4.88. The Labute approximate surface area is 130 Å². The van der Waals surface area contributed by atoms with Gasteiger partial charge in [-0.25, -0.2) is 0 Å². The number of hydrogen-bond acceptors (Lipinski definition) is 4. The molecule has 5 heteroatoms. The van der Waals surface area contributed by atoms with E-state index in [1.54, 1.807) is 32.2 Å². The molecule has 0 saturated heterocycles. The van der Waals surface area contributed by atoms with Crippen LogP contribution in [-0.2, 0) is 4.79 Å². The first-order valence-corrected chi connectivity index (χ1v) is 6.97. The minimum Gasteiger partial charge on any atom is -0.497 e. The zero-order chi connectivity index (χ0) is 16.1. The average molecular weight is 300 g/mol. The Morgan fingerprint density at radius 2 is 1.95 bits per heavy atom. The van der Waals surface area contributed by atoms with E-state index in [4.69, 9.17) is 15.2 Å². The Morgan fingerprint density at radius 3 is 2.59 bits per heavy atom. The molecule has 0 bridgehead atoms. The van der Waals surface area contributed by atoms with Crippen molar-refractivity contribution < 1.29 is 14.3 Å². The molecule has 1 amide bonds. The number of amides is 1. The van der Waals surface area contributed by atoms with Crippen LogP contribution in [0, 0.1) is 6.92 Å². The van der Waals surface area contributed by atoms with Crippen molar-refractivity contribution in [2.45, 2.75) is 20.0 Å². The van der Waals surface area contributed by atoms with Crippen molar-refractivity contribution in [3.8, 4) is 11.5 Å². The highest BCUT2D eigenvalue weighted by atomic mass is 16.5. The third kappa shape index (κ3) is 3.91. The van der Waals surface area contributed by atoms with Gasteiger partial charge in [0, 0.05) is 6.07 Å². The van der Waals surface area contributed by atoms with E-state index in [1.165, 1.54) is 0 Å². The lowest BCUT2D eigenvalue weighted by molar-refractivity contribution is -0.122. The van der Waals surface area contributed by atoms with E-state index in [2.05, 4.69) is 5.32 Å². The second-order valence-corrected chi connectivity index (χ2v) is 5.02. The van der Waals surface area contributed by atoms with Gasteiger partial charge in [-0.1, -0.05) is 12.1 Å². The van der Waals surface area contributed by atoms with Crippen molar-refractivity contribution in [3.05, 3.63) is 48.0 Å². The molecule has 0 heterocycles. The van der Waals surface area contributed by atoms with Gasteiger partial charge in [0.1, 0.15) is 11.5 Å². The third-order valence-corrected chi connectivity index (χ3v) is 3.19. The van der Waals surface area contributed by atoms with Gasteiger partial charge in [0.2, 0.25) is 0 Å². The standard InChI is InChI=1S/C17H20N2O3/c1-11-5-4-6-14(9-11)22-12(2)17(20)19-16-8-7-13(21-3)10-15(16)18/h4-10,12H,18H2,1-3H3,(H,19,20). The van der Waals surface area contributed by atoms with Gasteiger partial charge in [0.15, 0.2) is 6.10 Å². The van der Waals surface area contributed by atoms with Crippen molar-refractivity contribution in [2.24, 2.45) is 0 Å².